The highest BCUT2D eigenvalue weighted by atomic mass is 15.3. The van der Waals surface area contributed by atoms with Gasteiger partial charge in [0.2, 0.25) is 0 Å². The van der Waals surface area contributed by atoms with Crippen molar-refractivity contribution in [3.8, 4) is 0 Å². The number of rotatable bonds is 2. The quantitative estimate of drug-likeness (QED) is 0.630. The molecule has 1 heterocycles. The predicted octanol–water partition coefficient (Wildman–Crippen LogP) is 2.03. The lowest BCUT2D eigenvalue weighted by atomic mass is 10.3. The summed E-state index contributed by atoms with van der Waals surface area (Å²) in [5, 5.41) is 4.32. The number of nitrogens with zero attached hydrogens (tertiary/aromatic N) is 2. The lowest BCUT2D eigenvalue weighted by Gasteiger charge is -1.94. The van der Waals surface area contributed by atoms with E-state index < -0.39 is 0 Å². The largest absolute Gasteiger partial charge is 0.269 e. The molecule has 0 radical (unpaired) electrons. The molecule has 2 rings (SSSR count). The fraction of sp³-hybridized carbons (Fsp3) is 0.667. The van der Waals surface area contributed by atoms with E-state index in [9.17, 15) is 0 Å². The average molecular weight is 150 g/mol. The highest BCUT2D eigenvalue weighted by molar-refractivity contribution is 5.05. The van der Waals surface area contributed by atoms with Gasteiger partial charge in [0.15, 0.2) is 0 Å². The summed E-state index contributed by atoms with van der Waals surface area (Å²) < 4.78 is 2.11. The van der Waals surface area contributed by atoms with Crippen LogP contribution in [0.15, 0.2) is 12.4 Å². The molecule has 0 amide bonds. The minimum atomic E-state index is 0.704. The molecule has 1 aliphatic rings. The van der Waals surface area contributed by atoms with Crippen molar-refractivity contribution < 1.29 is 0 Å². The first-order valence-corrected chi connectivity index (χ1v) is 4.34. The lowest BCUT2D eigenvalue weighted by Crippen LogP contribution is -1.94. The highest BCUT2D eigenvalue weighted by Gasteiger charge is 2.34. The fourth-order valence-corrected chi connectivity index (χ4v) is 1.41. The number of hydrogen-bond acceptors (Lipinski definition) is 1. The minimum Gasteiger partial charge on any atom is -0.269 e. The topological polar surface area (TPSA) is 17.8 Å². The first-order valence-electron chi connectivity index (χ1n) is 4.34. The molecule has 60 valence electrons. The van der Waals surface area contributed by atoms with Crippen LogP contribution in [-0.2, 0) is 6.42 Å². The molecular weight excluding hydrogens is 136 g/mol. The van der Waals surface area contributed by atoms with Crippen molar-refractivity contribution >= 4 is 0 Å². The third-order valence-corrected chi connectivity index (χ3v) is 2.47. The second-order valence-electron chi connectivity index (χ2n) is 3.46. The van der Waals surface area contributed by atoms with Gasteiger partial charge < -0.3 is 0 Å². The monoisotopic (exact) mass is 150 g/mol. The normalized spacial score (nSPS) is 28.9. The van der Waals surface area contributed by atoms with Gasteiger partial charge in [-0.3, -0.25) is 4.68 Å². The Bertz CT molecular complexity index is 252. The Hall–Kier alpha value is -0.790. The zero-order valence-electron chi connectivity index (χ0n) is 7.12. The average Bonchev–Trinajstić information content (AvgIpc) is 2.59. The number of aryl methyl sites for hydroxylation is 1. The summed E-state index contributed by atoms with van der Waals surface area (Å²) >= 11 is 0. The number of aromatic nitrogens is 2. The molecule has 2 atom stereocenters. The smallest absolute Gasteiger partial charge is 0.0548 e. The van der Waals surface area contributed by atoms with Crippen LogP contribution in [0.2, 0.25) is 0 Å². The molecule has 2 nitrogen and oxygen atoms in total. The van der Waals surface area contributed by atoms with Gasteiger partial charge in [-0.25, -0.2) is 0 Å². The Morgan fingerprint density at radius 3 is 2.91 bits per heavy atom. The van der Waals surface area contributed by atoms with Crippen LogP contribution in [0.4, 0.5) is 0 Å². The molecule has 1 fully saturated rings. The second kappa shape index (κ2) is 2.36. The Morgan fingerprint density at radius 1 is 1.73 bits per heavy atom. The van der Waals surface area contributed by atoms with E-state index >= 15 is 0 Å². The van der Waals surface area contributed by atoms with Gasteiger partial charge in [-0.15, -0.1) is 0 Å². The summed E-state index contributed by atoms with van der Waals surface area (Å²) in [7, 11) is 0. The molecule has 1 aromatic rings. The third kappa shape index (κ3) is 1.17. The minimum absolute atomic E-state index is 0.704. The molecular formula is C9H14N2. The van der Waals surface area contributed by atoms with Crippen molar-refractivity contribution in [3.63, 3.8) is 0 Å². The van der Waals surface area contributed by atoms with Crippen LogP contribution >= 0.6 is 0 Å². The second-order valence-corrected chi connectivity index (χ2v) is 3.46. The van der Waals surface area contributed by atoms with E-state index in [1.54, 1.807) is 0 Å². The molecule has 0 N–H and O–H groups in total. The molecule has 0 saturated heterocycles. The SMILES string of the molecule is CCc1cnn([C@@H]2C[C@@H]2C)c1. The summed E-state index contributed by atoms with van der Waals surface area (Å²) in [6.07, 6.45) is 6.56. The Balaban J connectivity index is 2.13. The van der Waals surface area contributed by atoms with Crippen molar-refractivity contribution in [3.05, 3.63) is 18.0 Å². The van der Waals surface area contributed by atoms with Gasteiger partial charge in [-0.05, 0) is 24.3 Å². The molecule has 0 bridgehead atoms. The van der Waals surface area contributed by atoms with Gasteiger partial charge in [0.25, 0.3) is 0 Å². The molecule has 11 heavy (non-hydrogen) atoms. The van der Waals surface area contributed by atoms with Gasteiger partial charge >= 0.3 is 0 Å². The van der Waals surface area contributed by atoms with Crippen LogP contribution < -0.4 is 0 Å². The first kappa shape index (κ1) is 6.89. The van der Waals surface area contributed by atoms with Crippen LogP contribution in [0.5, 0.6) is 0 Å². The molecule has 0 aromatic carbocycles. The molecule has 1 saturated carbocycles. The third-order valence-electron chi connectivity index (χ3n) is 2.47. The van der Waals surface area contributed by atoms with E-state index in [1.165, 1.54) is 12.0 Å². The summed E-state index contributed by atoms with van der Waals surface area (Å²) in [4.78, 5) is 0. The van der Waals surface area contributed by atoms with Crippen molar-refractivity contribution in [2.75, 3.05) is 0 Å². The van der Waals surface area contributed by atoms with Crippen molar-refractivity contribution in [1.82, 2.24) is 9.78 Å². The van der Waals surface area contributed by atoms with E-state index in [0.717, 1.165) is 12.3 Å². The summed E-state index contributed by atoms with van der Waals surface area (Å²) in [5.74, 6) is 0.847. The van der Waals surface area contributed by atoms with E-state index in [2.05, 4.69) is 29.8 Å². The van der Waals surface area contributed by atoms with Crippen molar-refractivity contribution in [2.24, 2.45) is 5.92 Å². The molecule has 0 spiro atoms. The number of hydrogen-bond donors (Lipinski definition) is 0. The fourth-order valence-electron chi connectivity index (χ4n) is 1.41. The maximum atomic E-state index is 4.32. The highest BCUT2D eigenvalue weighted by Crippen LogP contribution is 2.41. The zero-order valence-corrected chi connectivity index (χ0v) is 7.12. The van der Waals surface area contributed by atoms with E-state index in [0.29, 0.717) is 6.04 Å². The van der Waals surface area contributed by atoms with Gasteiger partial charge in [0, 0.05) is 6.20 Å². The molecule has 0 aliphatic heterocycles. The summed E-state index contributed by atoms with van der Waals surface area (Å²) in [6, 6.07) is 0.704. The van der Waals surface area contributed by atoms with E-state index in [4.69, 9.17) is 0 Å². The van der Waals surface area contributed by atoms with Crippen LogP contribution in [0.3, 0.4) is 0 Å². The maximum absolute atomic E-state index is 4.32. The lowest BCUT2D eigenvalue weighted by molar-refractivity contribution is 0.604. The Labute approximate surface area is 67.2 Å². The van der Waals surface area contributed by atoms with Gasteiger partial charge in [0.1, 0.15) is 0 Å². The van der Waals surface area contributed by atoms with Crippen LogP contribution in [0.25, 0.3) is 0 Å². The zero-order chi connectivity index (χ0) is 7.84. The van der Waals surface area contributed by atoms with Crippen LogP contribution in [0, 0.1) is 5.92 Å². The summed E-state index contributed by atoms with van der Waals surface area (Å²) in [5.41, 5.74) is 1.35. The molecule has 1 aromatic heterocycles. The van der Waals surface area contributed by atoms with Crippen molar-refractivity contribution in [2.45, 2.75) is 32.7 Å². The summed E-state index contributed by atoms with van der Waals surface area (Å²) in [6.45, 7) is 4.44. The standard InChI is InChI=1S/C9H14N2/c1-3-8-5-10-11(6-8)9-4-7(9)2/h5-7,9H,3-4H2,1-2H3/t7-,9+/m0/s1. The van der Waals surface area contributed by atoms with Gasteiger partial charge in [-0.1, -0.05) is 13.8 Å². The van der Waals surface area contributed by atoms with Gasteiger partial charge in [0.05, 0.1) is 12.2 Å². The van der Waals surface area contributed by atoms with Gasteiger partial charge in [-0.2, -0.15) is 5.10 Å². The predicted molar refractivity (Wildman–Crippen MR) is 44.4 cm³/mol. The first-order chi connectivity index (χ1) is 5.31. The van der Waals surface area contributed by atoms with Crippen LogP contribution in [0.1, 0.15) is 31.9 Å². The van der Waals surface area contributed by atoms with E-state index in [-0.39, 0.29) is 0 Å². The Morgan fingerprint density at radius 2 is 2.45 bits per heavy atom. The van der Waals surface area contributed by atoms with Crippen molar-refractivity contribution in [1.29, 1.82) is 0 Å². The Kier molecular flexibility index (Phi) is 1.48. The van der Waals surface area contributed by atoms with E-state index in [1.807, 2.05) is 6.20 Å². The molecule has 1 aliphatic carbocycles. The maximum Gasteiger partial charge on any atom is 0.0548 e. The molecule has 2 heteroatoms. The molecule has 0 unspecified atom stereocenters. The van der Waals surface area contributed by atoms with Crippen LogP contribution in [-0.4, -0.2) is 9.78 Å².